The number of aromatic hydroxyl groups is 1. The number of benzene rings is 2. The van der Waals surface area contributed by atoms with Gasteiger partial charge in [0.05, 0.1) is 5.69 Å². The van der Waals surface area contributed by atoms with Crippen molar-refractivity contribution in [1.29, 1.82) is 5.26 Å². The Morgan fingerprint density at radius 2 is 1.96 bits per heavy atom. The quantitative estimate of drug-likeness (QED) is 0.456. The van der Waals surface area contributed by atoms with Crippen LogP contribution >= 0.6 is 0 Å². The van der Waals surface area contributed by atoms with E-state index in [2.05, 4.69) is 10.6 Å². The monoisotopic (exact) mass is 329 g/mol. The normalized spacial score (nSPS) is 10.8. The summed E-state index contributed by atoms with van der Waals surface area (Å²) < 4.78 is 26.6. The minimum Gasteiger partial charge on any atom is -0.508 e. The highest BCUT2D eigenvalue weighted by molar-refractivity contribution is 6.07. The maximum atomic E-state index is 13.5. The lowest BCUT2D eigenvalue weighted by Gasteiger charge is -2.08. The molecule has 1 amide bonds. The molecule has 5 nitrogen and oxygen atoms in total. The topological polar surface area (TPSA) is 85.2 Å². The number of hydrogen-bond acceptors (Lipinski definition) is 4. The standard InChI is InChI=1S/C17H13F2N3O2/c1-10-6-13(23)3-5-15(10)22-17(24)11(8-20)9-21-16-7-12(18)2-4-14(16)19/h2-7,9,21,23H,1H3,(H,22,24)/b11-9-. The third-order valence-electron chi connectivity index (χ3n) is 3.12. The Bertz CT molecular complexity index is 857. The smallest absolute Gasteiger partial charge is 0.267 e. The van der Waals surface area contributed by atoms with Crippen molar-refractivity contribution in [3.8, 4) is 11.8 Å². The number of hydrogen-bond donors (Lipinski definition) is 3. The Morgan fingerprint density at radius 3 is 2.62 bits per heavy atom. The summed E-state index contributed by atoms with van der Waals surface area (Å²) in [5.41, 5.74) is 0.489. The van der Waals surface area contributed by atoms with Gasteiger partial charge in [0, 0.05) is 18.0 Å². The average Bonchev–Trinajstić information content (AvgIpc) is 2.54. The van der Waals surface area contributed by atoms with E-state index in [1.54, 1.807) is 13.0 Å². The summed E-state index contributed by atoms with van der Waals surface area (Å²) in [5.74, 6) is -2.06. The van der Waals surface area contributed by atoms with Crippen molar-refractivity contribution in [3.05, 3.63) is 65.4 Å². The Labute approximate surface area is 136 Å². The summed E-state index contributed by atoms with van der Waals surface area (Å²) in [6.07, 6.45) is 0.989. The molecule has 0 heterocycles. The van der Waals surface area contributed by atoms with Gasteiger partial charge in [0.1, 0.15) is 29.0 Å². The first-order valence-electron chi connectivity index (χ1n) is 6.83. The average molecular weight is 329 g/mol. The molecule has 0 spiro atoms. The fourth-order valence-electron chi connectivity index (χ4n) is 1.88. The molecule has 0 aliphatic heterocycles. The fraction of sp³-hybridized carbons (Fsp3) is 0.0588. The van der Waals surface area contributed by atoms with Crippen LogP contribution < -0.4 is 10.6 Å². The minimum atomic E-state index is -0.726. The van der Waals surface area contributed by atoms with Crippen molar-refractivity contribution in [2.45, 2.75) is 6.92 Å². The van der Waals surface area contributed by atoms with E-state index in [0.717, 1.165) is 24.4 Å². The van der Waals surface area contributed by atoms with Gasteiger partial charge in [0.25, 0.3) is 5.91 Å². The Kier molecular flexibility index (Phi) is 5.12. The zero-order valence-electron chi connectivity index (χ0n) is 12.6. The molecule has 2 aromatic rings. The lowest BCUT2D eigenvalue weighted by atomic mass is 10.2. The van der Waals surface area contributed by atoms with Crippen LogP contribution in [0.3, 0.4) is 0 Å². The van der Waals surface area contributed by atoms with Gasteiger partial charge in [-0.15, -0.1) is 0 Å². The van der Waals surface area contributed by atoms with Gasteiger partial charge in [-0.1, -0.05) is 0 Å². The highest BCUT2D eigenvalue weighted by Gasteiger charge is 2.11. The molecule has 0 bridgehead atoms. The van der Waals surface area contributed by atoms with Crippen molar-refractivity contribution >= 4 is 17.3 Å². The number of nitriles is 1. The van der Waals surface area contributed by atoms with Crippen LogP contribution in [0, 0.1) is 29.9 Å². The number of halogens is 2. The zero-order valence-corrected chi connectivity index (χ0v) is 12.6. The van der Waals surface area contributed by atoms with E-state index in [1.807, 2.05) is 0 Å². The van der Waals surface area contributed by atoms with Crippen LogP contribution in [-0.2, 0) is 4.79 Å². The van der Waals surface area contributed by atoms with E-state index in [0.29, 0.717) is 11.3 Å². The van der Waals surface area contributed by atoms with Gasteiger partial charge in [-0.3, -0.25) is 4.79 Å². The second-order valence-electron chi connectivity index (χ2n) is 4.89. The second kappa shape index (κ2) is 7.24. The molecular formula is C17H13F2N3O2. The Morgan fingerprint density at radius 1 is 1.21 bits per heavy atom. The zero-order chi connectivity index (χ0) is 17.7. The van der Waals surface area contributed by atoms with E-state index in [1.165, 1.54) is 18.2 Å². The van der Waals surface area contributed by atoms with E-state index in [4.69, 9.17) is 5.26 Å². The molecule has 0 atom stereocenters. The Balaban J connectivity index is 2.16. The summed E-state index contributed by atoms with van der Waals surface area (Å²) in [7, 11) is 0. The van der Waals surface area contributed by atoms with E-state index in [-0.39, 0.29) is 17.0 Å². The molecule has 0 unspecified atom stereocenters. The third-order valence-corrected chi connectivity index (χ3v) is 3.12. The number of carbonyl (C=O) groups excluding carboxylic acids is 1. The summed E-state index contributed by atoms with van der Waals surface area (Å²) in [4.78, 5) is 12.1. The summed E-state index contributed by atoms with van der Waals surface area (Å²) in [5, 5.41) is 23.3. The molecule has 2 aromatic carbocycles. The van der Waals surface area contributed by atoms with Crippen LogP contribution in [0.4, 0.5) is 20.2 Å². The number of carbonyl (C=O) groups is 1. The molecule has 0 fully saturated rings. The minimum absolute atomic E-state index is 0.0461. The van der Waals surface area contributed by atoms with Crippen molar-refractivity contribution in [2.75, 3.05) is 10.6 Å². The number of amides is 1. The van der Waals surface area contributed by atoms with Gasteiger partial charge in [-0.05, 0) is 42.8 Å². The first-order chi connectivity index (χ1) is 11.4. The number of nitrogens with zero attached hydrogens (tertiary/aromatic N) is 1. The Hall–Kier alpha value is -3.40. The van der Waals surface area contributed by atoms with Crippen molar-refractivity contribution < 1.29 is 18.7 Å². The molecule has 0 radical (unpaired) electrons. The molecule has 7 heteroatoms. The van der Waals surface area contributed by atoms with Gasteiger partial charge in [-0.25, -0.2) is 8.78 Å². The first kappa shape index (κ1) is 17.0. The van der Waals surface area contributed by atoms with Crippen LogP contribution in [0.25, 0.3) is 0 Å². The maximum absolute atomic E-state index is 13.5. The van der Waals surface area contributed by atoms with Crippen LogP contribution in [-0.4, -0.2) is 11.0 Å². The predicted octanol–water partition coefficient (Wildman–Crippen LogP) is 3.44. The summed E-state index contributed by atoms with van der Waals surface area (Å²) in [6.45, 7) is 1.67. The molecule has 0 aromatic heterocycles. The van der Waals surface area contributed by atoms with E-state index < -0.39 is 17.5 Å². The lowest BCUT2D eigenvalue weighted by molar-refractivity contribution is -0.112. The highest BCUT2D eigenvalue weighted by atomic mass is 19.1. The largest absolute Gasteiger partial charge is 0.508 e. The van der Waals surface area contributed by atoms with Gasteiger partial charge >= 0.3 is 0 Å². The molecule has 0 aliphatic carbocycles. The van der Waals surface area contributed by atoms with Crippen LogP contribution in [0.1, 0.15) is 5.56 Å². The molecule has 122 valence electrons. The summed E-state index contributed by atoms with van der Waals surface area (Å²) >= 11 is 0. The molecular weight excluding hydrogens is 316 g/mol. The van der Waals surface area contributed by atoms with Gasteiger partial charge < -0.3 is 15.7 Å². The predicted molar refractivity (Wildman–Crippen MR) is 85.2 cm³/mol. The maximum Gasteiger partial charge on any atom is 0.267 e. The molecule has 24 heavy (non-hydrogen) atoms. The molecule has 0 aliphatic rings. The van der Waals surface area contributed by atoms with Gasteiger partial charge in [-0.2, -0.15) is 5.26 Å². The van der Waals surface area contributed by atoms with Gasteiger partial charge in [0.15, 0.2) is 0 Å². The number of nitrogens with one attached hydrogen (secondary N) is 2. The van der Waals surface area contributed by atoms with Crippen molar-refractivity contribution in [3.63, 3.8) is 0 Å². The highest BCUT2D eigenvalue weighted by Crippen LogP contribution is 2.21. The van der Waals surface area contributed by atoms with Gasteiger partial charge in [0.2, 0.25) is 0 Å². The third kappa shape index (κ3) is 4.08. The molecule has 0 saturated heterocycles. The fourth-order valence-corrected chi connectivity index (χ4v) is 1.88. The first-order valence-corrected chi connectivity index (χ1v) is 6.83. The molecule has 3 N–H and O–H groups in total. The number of anilines is 2. The number of aryl methyl sites for hydroxylation is 1. The molecule has 2 rings (SSSR count). The lowest BCUT2D eigenvalue weighted by Crippen LogP contribution is -2.15. The van der Waals surface area contributed by atoms with Crippen LogP contribution in [0.5, 0.6) is 5.75 Å². The molecule has 0 saturated carbocycles. The van der Waals surface area contributed by atoms with Crippen LogP contribution in [0.2, 0.25) is 0 Å². The number of phenolic OH excluding ortho intramolecular Hbond substituents is 1. The number of phenols is 1. The number of rotatable bonds is 4. The van der Waals surface area contributed by atoms with E-state index in [9.17, 15) is 18.7 Å². The van der Waals surface area contributed by atoms with Crippen molar-refractivity contribution in [2.24, 2.45) is 0 Å². The van der Waals surface area contributed by atoms with E-state index >= 15 is 0 Å². The summed E-state index contributed by atoms with van der Waals surface area (Å²) in [6, 6.07) is 8.79. The second-order valence-corrected chi connectivity index (χ2v) is 4.89. The van der Waals surface area contributed by atoms with Crippen molar-refractivity contribution in [1.82, 2.24) is 0 Å². The van der Waals surface area contributed by atoms with Crippen LogP contribution in [0.15, 0.2) is 48.2 Å². The SMILES string of the molecule is Cc1cc(O)ccc1NC(=O)/C(C#N)=C\Nc1cc(F)ccc1F.